The zero-order chi connectivity index (χ0) is 16.8. The lowest BCUT2D eigenvalue weighted by molar-refractivity contribution is 0.389. The predicted molar refractivity (Wildman–Crippen MR) is 96.2 cm³/mol. The summed E-state index contributed by atoms with van der Waals surface area (Å²) in [6.07, 6.45) is 1.64. The van der Waals surface area contributed by atoms with Crippen LogP contribution in [0.4, 0.5) is 11.4 Å². The van der Waals surface area contributed by atoms with Crippen LogP contribution in [0.5, 0.6) is 5.75 Å². The summed E-state index contributed by atoms with van der Waals surface area (Å²) in [6, 6.07) is 14.6. The summed E-state index contributed by atoms with van der Waals surface area (Å²) in [5.41, 5.74) is 7.48. The van der Waals surface area contributed by atoms with Gasteiger partial charge in [0.15, 0.2) is 6.07 Å². The molecule has 0 fully saturated rings. The number of para-hydroxylation sites is 2. The molecule has 2 rings (SSSR count). The first-order chi connectivity index (χ1) is 11.0. The number of anilines is 1. The van der Waals surface area contributed by atoms with Gasteiger partial charge in [0.05, 0.1) is 0 Å². The summed E-state index contributed by atoms with van der Waals surface area (Å²) >= 11 is 5.61. The highest BCUT2D eigenvalue weighted by atomic mass is 35.5. The molecule has 1 atom stereocenters. The smallest absolute Gasteiger partial charge is 0.200 e. The van der Waals surface area contributed by atoms with Crippen LogP contribution >= 0.6 is 11.6 Å². The number of alkyl halides is 1. The number of halogens is 1. The second-order valence-electron chi connectivity index (χ2n) is 4.70. The Kier molecular flexibility index (Phi) is 6.01. The zero-order valence-corrected chi connectivity index (χ0v) is 14.5. The molecule has 0 aromatic heterocycles. The van der Waals surface area contributed by atoms with Crippen molar-refractivity contribution >= 4 is 39.7 Å². The lowest BCUT2D eigenvalue weighted by atomic mass is 10.3. The number of benzene rings is 2. The van der Waals surface area contributed by atoms with E-state index in [1.165, 1.54) is 0 Å². The maximum absolute atomic E-state index is 11.6. The summed E-state index contributed by atoms with van der Waals surface area (Å²) in [5.74, 6) is 0.844. The molecule has 2 N–H and O–H groups in total. The maximum atomic E-state index is 11.6. The Balaban J connectivity index is 2.30. The molecule has 7 heteroatoms. The monoisotopic (exact) mass is 351 g/mol. The van der Waals surface area contributed by atoms with Crippen LogP contribution in [0.1, 0.15) is 0 Å². The van der Waals surface area contributed by atoms with E-state index >= 15 is 0 Å². The van der Waals surface area contributed by atoms with Gasteiger partial charge in [-0.3, -0.25) is 4.21 Å². The molecule has 5 nitrogen and oxygen atoms in total. The van der Waals surface area contributed by atoms with Crippen LogP contribution in [-0.4, -0.2) is 29.5 Å². The molecule has 0 aliphatic heterocycles. The maximum Gasteiger partial charge on any atom is 0.200 e. The minimum Gasteiger partial charge on any atom is -0.476 e. The van der Waals surface area contributed by atoms with Crippen molar-refractivity contribution in [2.45, 2.75) is 4.90 Å². The Morgan fingerprint density at radius 1 is 1.30 bits per heavy atom. The molecule has 0 bridgehead atoms. The number of guanidine groups is 1. The van der Waals surface area contributed by atoms with Crippen LogP contribution in [0, 0.1) is 0 Å². The van der Waals surface area contributed by atoms with Crippen LogP contribution in [0.2, 0.25) is 0 Å². The Bertz CT molecular complexity index is 737. The van der Waals surface area contributed by atoms with Crippen molar-refractivity contribution in [1.82, 2.24) is 0 Å². The van der Waals surface area contributed by atoms with Crippen molar-refractivity contribution in [2.75, 3.05) is 24.3 Å². The van der Waals surface area contributed by atoms with Crippen LogP contribution in [-0.2, 0) is 10.8 Å². The fourth-order valence-electron chi connectivity index (χ4n) is 1.93. The molecule has 2 aromatic carbocycles. The first-order valence-electron chi connectivity index (χ1n) is 6.82. The third-order valence-electron chi connectivity index (χ3n) is 3.19. The van der Waals surface area contributed by atoms with Crippen molar-refractivity contribution < 1.29 is 8.95 Å². The van der Waals surface area contributed by atoms with Gasteiger partial charge in [-0.15, -0.1) is 0 Å². The molecular formula is C16H18ClN3O2S. The summed E-state index contributed by atoms with van der Waals surface area (Å²) < 4.78 is 16.9. The van der Waals surface area contributed by atoms with Crippen LogP contribution in [0.25, 0.3) is 0 Å². The first-order valence-corrected chi connectivity index (χ1v) is 8.91. The van der Waals surface area contributed by atoms with E-state index < -0.39 is 10.8 Å². The van der Waals surface area contributed by atoms with Crippen molar-refractivity contribution in [3.05, 3.63) is 48.5 Å². The van der Waals surface area contributed by atoms with E-state index in [-0.39, 0.29) is 12.0 Å². The molecule has 2 aromatic rings. The number of rotatable bonds is 5. The second kappa shape index (κ2) is 7.99. The van der Waals surface area contributed by atoms with Crippen LogP contribution in [0.3, 0.4) is 0 Å². The summed E-state index contributed by atoms with van der Waals surface area (Å²) in [7, 11) is 0.738. The van der Waals surface area contributed by atoms with Gasteiger partial charge < -0.3 is 15.4 Å². The van der Waals surface area contributed by atoms with E-state index in [0.29, 0.717) is 11.4 Å². The largest absolute Gasteiger partial charge is 0.476 e. The second-order valence-corrected chi connectivity index (χ2v) is 6.30. The van der Waals surface area contributed by atoms with Gasteiger partial charge in [0.2, 0.25) is 5.96 Å². The van der Waals surface area contributed by atoms with Gasteiger partial charge in [-0.1, -0.05) is 29.8 Å². The number of nitrogens with two attached hydrogens (primary N) is 1. The highest BCUT2D eigenvalue weighted by molar-refractivity contribution is 7.84. The Morgan fingerprint density at radius 3 is 2.74 bits per heavy atom. The van der Waals surface area contributed by atoms with Crippen LogP contribution in [0.15, 0.2) is 58.4 Å². The van der Waals surface area contributed by atoms with E-state index in [1.54, 1.807) is 30.3 Å². The van der Waals surface area contributed by atoms with Gasteiger partial charge in [0.25, 0.3) is 0 Å². The number of ether oxygens (including phenoxy) is 1. The highest BCUT2D eigenvalue weighted by Crippen LogP contribution is 2.27. The molecule has 0 saturated heterocycles. The minimum absolute atomic E-state index is 0.0344. The zero-order valence-electron chi connectivity index (χ0n) is 12.9. The van der Waals surface area contributed by atoms with E-state index in [4.69, 9.17) is 22.1 Å². The Hall–Kier alpha value is -2.05. The summed E-state index contributed by atoms with van der Waals surface area (Å²) in [6.45, 7) is 0. The number of hydrogen-bond donors (Lipinski definition) is 1. The average Bonchev–Trinajstić information content (AvgIpc) is 2.56. The minimum atomic E-state index is -1.06. The molecular weight excluding hydrogens is 334 g/mol. The molecule has 0 radical (unpaired) electrons. The molecule has 0 spiro atoms. The number of aliphatic imine (C=N–C) groups is 1. The van der Waals surface area contributed by atoms with E-state index in [9.17, 15) is 4.21 Å². The quantitative estimate of drug-likeness (QED) is 0.510. The molecule has 0 amide bonds. The Morgan fingerprint density at radius 2 is 2.04 bits per heavy atom. The third kappa shape index (κ3) is 4.46. The number of hydrogen-bond acceptors (Lipinski definition) is 3. The Labute approximate surface area is 143 Å². The average molecular weight is 352 g/mol. The van der Waals surface area contributed by atoms with Gasteiger partial charge in [0.1, 0.15) is 11.4 Å². The first kappa shape index (κ1) is 17.3. The molecule has 23 heavy (non-hydrogen) atoms. The van der Waals surface area contributed by atoms with Gasteiger partial charge in [0, 0.05) is 34.7 Å². The fourth-order valence-corrected chi connectivity index (χ4v) is 2.61. The van der Waals surface area contributed by atoms with Gasteiger partial charge in [-0.2, -0.15) is 0 Å². The van der Waals surface area contributed by atoms with E-state index in [0.717, 1.165) is 10.6 Å². The van der Waals surface area contributed by atoms with Gasteiger partial charge in [-0.05, 0) is 30.3 Å². The molecule has 1 unspecified atom stereocenters. The summed E-state index contributed by atoms with van der Waals surface area (Å²) in [5, 5.41) is 0. The van der Waals surface area contributed by atoms with Crippen molar-refractivity contribution in [3.8, 4) is 5.75 Å². The predicted octanol–water partition coefficient (Wildman–Crippen LogP) is 3.08. The summed E-state index contributed by atoms with van der Waals surface area (Å²) in [4.78, 5) is 6.84. The highest BCUT2D eigenvalue weighted by Gasteiger charge is 2.09. The van der Waals surface area contributed by atoms with Crippen LogP contribution < -0.4 is 15.4 Å². The molecule has 122 valence electrons. The molecule has 0 heterocycles. The lowest BCUT2D eigenvalue weighted by Crippen LogP contribution is -2.33. The van der Waals surface area contributed by atoms with Gasteiger partial charge >= 0.3 is 0 Å². The van der Waals surface area contributed by atoms with Gasteiger partial charge in [-0.25, -0.2) is 4.99 Å². The van der Waals surface area contributed by atoms with Crippen molar-refractivity contribution in [2.24, 2.45) is 10.7 Å². The SMILES string of the molecule is CN(C(N)=Nc1ccccc1OCCl)c1cccc(S(C)=O)c1. The normalized spacial score (nSPS) is 12.7. The standard InChI is InChI=1S/C16H18ClN3O2S/c1-20(12-6-5-7-13(10-12)23(2)21)16(18)19-14-8-3-4-9-15(14)22-11-17/h3-10H,11H2,1-2H3,(H2,18,19). The molecule has 0 saturated carbocycles. The third-order valence-corrected chi connectivity index (χ3v) is 4.22. The lowest BCUT2D eigenvalue weighted by Gasteiger charge is -2.19. The van der Waals surface area contributed by atoms with Crippen molar-refractivity contribution in [1.29, 1.82) is 0 Å². The number of nitrogens with zero attached hydrogens (tertiary/aromatic N) is 2. The molecule has 0 aliphatic carbocycles. The molecule has 0 aliphatic rings. The van der Waals surface area contributed by atoms with E-state index in [1.807, 2.05) is 36.4 Å². The topological polar surface area (TPSA) is 67.9 Å². The van der Waals surface area contributed by atoms with Crippen molar-refractivity contribution in [3.63, 3.8) is 0 Å². The fraction of sp³-hybridized carbons (Fsp3) is 0.188. The van der Waals surface area contributed by atoms with E-state index in [2.05, 4.69) is 4.99 Å².